The first-order chi connectivity index (χ1) is 10.0. The van der Waals surface area contributed by atoms with Gasteiger partial charge in [-0.15, -0.1) is 0 Å². The standard InChI is InChI=1S/C15H18FN3OS/c1-19(9-11-5-7-21-10-11)6-4-15(20)18-12-2-3-13(16)14(17)8-12/h2-3,5,7-8,10H,4,6,9,17H2,1H3,(H,18,20). The predicted molar refractivity (Wildman–Crippen MR) is 84.7 cm³/mol. The summed E-state index contributed by atoms with van der Waals surface area (Å²) in [5.74, 6) is -0.596. The highest BCUT2D eigenvalue weighted by molar-refractivity contribution is 7.07. The molecule has 0 saturated carbocycles. The van der Waals surface area contributed by atoms with Crippen molar-refractivity contribution < 1.29 is 9.18 Å². The highest BCUT2D eigenvalue weighted by atomic mass is 32.1. The molecule has 0 aliphatic rings. The van der Waals surface area contributed by atoms with Crippen LogP contribution in [-0.4, -0.2) is 24.4 Å². The van der Waals surface area contributed by atoms with Crippen molar-refractivity contribution >= 4 is 28.6 Å². The van der Waals surface area contributed by atoms with Gasteiger partial charge in [0.15, 0.2) is 0 Å². The van der Waals surface area contributed by atoms with Gasteiger partial charge >= 0.3 is 0 Å². The molecule has 0 aliphatic heterocycles. The summed E-state index contributed by atoms with van der Waals surface area (Å²) in [5, 5.41) is 6.85. The number of thiophene rings is 1. The van der Waals surface area contributed by atoms with E-state index in [-0.39, 0.29) is 11.6 Å². The van der Waals surface area contributed by atoms with Crippen LogP contribution in [0.3, 0.4) is 0 Å². The van der Waals surface area contributed by atoms with Gasteiger partial charge in [0.05, 0.1) is 5.69 Å². The zero-order chi connectivity index (χ0) is 15.2. The van der Waals surface area contributed by atoms with E-state index in [1.54, 1.807) is 11.3 Å². The number of nitrogens with zero attached hydrogens (tertiary/aromatic N) is 1. The molecule has 1 aromatic carbocycles. The highest BCUT2D eigenvalue weighted by Gasteiger charge is 2.07. The molecular weight excluding hydrogens is 289 g/mol. The van der Waals surface area contributed by atoms with Crippen molar-refractivity contribution in [2.45, 2.75) is 13.0 Å². The van der Waals surface area contributed by atoms with E-state index in [0.717, 1.165) is 6.54 Å². The van der Waals surface area contributed by atoms with Gasteiger partial charge in [0.2, 0.25) is 5.91 Å². The zero-order valence-electron chi connectivity index (χ0n) is 11.8. The van der Waals surface area contributed by atoms with Gasteiger partial charge in [-0.1, -0.05) is 0 Å². The lowest BCUT2D eigenvalue weighted by Gasteiger charge is -2.15. The number of benzene rings is 1. The largest absolute Gasteiger partial charge is 0.396 e. The molecule has 0 spiro atoms. The molecule has 1 aromatic heterocycles. The maximum atomic E-state index is 13.0. The van der Waals surface area contributed by atoms with E-state index in [4.69, 9.17) is 5.73 Å². The quantitative estimate of drug-likeness (QED) is 0.807. The molecule has 4 nitrogen and oxygen atoms in total. The van der Waals surface area contributed by atoms with E-state index in [0.29, 0.717) is 18.7 Å². The number of carbonyl (C=O) groups excluding carboxylic acids is 1. The molecule has 1 heterocycles. The summed E-state index contributed by atoms with van der Waals surface area (Å²) < 4.78 is 13.0. The van der Waals surface area contributed by atoms with E-state index in [1.165, 1.54) is 23.8 Å². The number of carbonyl (C=O) groups is 1. The Labute approximate surface area is 127 Å². The molecule has 2 rings (SSSR count). The fourth-order valence-corrected chi connectivity index (χ4v) is 2.57. The number of nitrogen functional groups attached to an aromatic ring is 1. The Morgan fingerprint density at radius 2 is 2.24 bits per heavy atom. The number of rotatable bonds is 6. The van der Waals surface area contributed by atoms with Crippen LogP contribution in [0.25, 0.3) is 0 Å². The van der Waals surface area contributed by atoms with Gasteiger partial charge in [0.1, 0.15) is 5.82 Å². The van der Waals surface area contributed by atoms with Crippen LogP contribution in [0.15, 0.2) is 35.0 Å². The summed E-state index contributed by atoms with van der Waals surface area (Å²) >= 11 is 1.66. The smallest absolute Gasteiger partial charge is 0.225 e. The van der Waals surface area contributed by atoms with Crippen LogP contribution in [0, 0.1) is 5.82 Å². The normalized spacial score (nSPS) is 10.8. The number of nitrogens with two attached hydrogens (primary N) is 1. The third-order valence-electron chi connectivity index (χ3n) is 3.03. The van der Waals surface area contributed by atoms with Gasteiger partial charge < -0.3 is 16.0 Å². The van der Waals surface area contributed by atoms with Crippen molar-refractivity contribution in [2.75, 3.05) is 24.6 Å². The van der Waals surface area contributed by atoms with Crippen molar-refractivity contribution in [3.63, 3.8) is 0 Å². The monoisotopic (exact) mass is 307 g/mol. The lowest BCUT2D eigenvalue weighted by atomic mass is 10.2. The fourth-order valence-electron chi connectivity index (χ4n) is 1.91. The van der Waals surface area contributed by atoms with Crippen LogP contribution in [-0.2, 0) is 11.3 Å². The molecule has 0 unspecified atom stereocenters. The average molecular weight is 307 g/mol. The Morgan fingerprint density at radius 1 is 1.43 bits per heavy atom. The minimum absolute atomic E-state index is 0.0300. The Bertz CT molecular complexity index is 601. The third kappa shape index (κ3) is 4.84. The molecule has 0 fully saturated rings. The summed E-state index contributed by atoms with van der Waals surface area (Å²) in [5.41, 5.74) is 7.25. The average Bonchev–Trinajstić information content (AvgIpc) is 2.93. The van der Waals surface area contributed by atoms with E-state index >= 15 is 0 Å². The number of nitrogens with one attached hydrogen (secondary N) is 1. The second-order valence-electron chi connectivity index (χ2n) is 4.90. The molecule has 3 N–H and O–H groups in total. The minimum Gasteiger partial charge on any atom is -0.396 e. The van der Waals surface area contributed by atoms with E-state index in [9.17, 15) is 9.18 Å². The molecule has 1 amide bonds. The minimum atomic E-state index is -0.483. The highest BCUT2D eigenvalue weighted by Crippen LogP contribution is 2.16. The fraction of sp³-hybridized carbons (Fsp3) is 0.267. The molecule has 0 radical (unpaired) electrons. The van der Waals surface area contributed by atoms with Gasteiger partial charge in [0.25, 0.3) is 0 Å². The molecule has 0 bridgehead atoms. The van der Waals surface area contributed by atoms with Gasteiger partial charge in [-0.05, 0) is 47.6 Å². The second-order valence-corrected chi connectivity index (χ2v) is 5.68. The lowest BCUT2D eigenvalue weighted by Crippen LogP contribution is -2.23. The number of amides is 1. The maximum absolute atomic E-state index is 13.0. The zero-order valence-corrected chi connectivity index (χ0v) is 12.6. The van der Waals surface area contributed by atoms with E-state index in [1.807, 2.05) is 12.4 Å². The molecule has 112 valence electrons. The summed E-state index contributed by atoms with van der Waals surface area (Å²) in [4.78, 5) is 13.9. The first-order valence-corrected chi connectivity index (χ1v) is 7.53. The number of hydrogen-bond donors (Lipinski definition) is 2. The summed E-state index contributed by atoms with van der Waals surface area (Å²) in [6.07, 6.45) is 0.373. The van der Waals surface area contributed by atoms with E-state index in [2.05, 4.69) is 21.7 Å². The summed E-state index contributed by atoms with van der Waals surface area (Å²) in [6.45, 7) is 1.47. The van der Waals surface area contributed by atoms with E-state index < -0.39 is 5.82 Å². The summed E-state index contributed by atoms with van der Waals surface area (Å²) in [7, 11) is 1.97. The first-order valence-electron chi connectivity index (χ1n) is 6.59. The van der Waals surface area contributed by atoms with Gasteiger partial charge in [0, 0.05) is 25.2 Å². The first kappa shape index (κ1) is 15.5. The number of halogens is 1. The van der Waals surface area contributed by atoms with Crippen LogP contribution >= 0.6 is 11.3 Å². The molecular formula is C15H18FN3OS. The lowest BCUT2D eigenvalue weighted by molar-refractivity contribution is -0.116. The van der Waals surface area contributed by atoms with Gasteiger partial charge in [-0.3, -0.25) is 4.79 Å². The van der Waals surface area contributed by atoms with Crippen molar-refractivity contribution in [3.05, 3.63) is 46.4 Å². The maximum Gasteiger partial charge on any atom is 0.225 e. The van der Waals surface area contributed by atoms with Crippen molar-refractivity contribution in [2.24, 2.45) is 0 Å². The summed E-state index contributed by atoms with van der Waals surface area (Å²) in [6, 6.07) is 6.23. The van der Waals surface area contributed by atoms with Crippen LogP contribution < -0.4 is 11.1 Å². The Balaban J connectivity index is 1.77. The van der Waals surface area contributed by atoms with Gasteiger partial charge in [-0.2, -0.15) is 11.3 Å². The van der Waals surface area contributed by atoms with Crippen LogP contribution in [0.1, 0.15) is 12.0 Å². The molecule has 6 heteroatoms. The third-order valence-corrected chi connectivity index (χ3v) is 3.76. The van der Waals surface area contributed by atoms with Gasteiger partial charge in [-0.25, -0.2) is 4.39 Å². The van der Waals surface area contributed by atoms with Crippen LogP contribution in [0.4, 0.5) is 15.8 Å². The topological polar surface area (TPSA) is 58.4 Å². The van der Waals surface area contributed by atoms with Crippen LogP contribution in [0.2, 0.25) is 0 Å². The SMILES string of the molecule is CN(CCC(=O)Nc1ccc(F)c(N)c1)Cc1ccsc1. The number of anilines is 2. The van der Waals surface area contributed by atoms with Crippen molar-refractivity contribution in [1.82, 2.24) is 4.90 Å². The predicted octanol–water partition coefficient (Wildman–Crippen LogP) is 2.93. The molecule has 0 aliphatic carbocycles. The molecule has 0 saturated heterocycles. The van der Waals surface area contributed by atoms with Crippen LogP contribution in [0.5, 0.6) is 0 Å². The van der Waals surface area contributed by atoms with Crippen molar-refractivity contribution in [3.8, 4) is 0 Å². The Morgan fingerprint density at radius 3 is 2.90 bits per heavy atom. The Hall–Kier alpha value is -1.92. The molecule has 0 atom stereocenters. The second kappa shape index (κ2) is 7.19. The number of hydrogen-bond acceptors (Lipinski definition) is 4. The molecule has 21 heavy (non-hydrogen) atoms. The van der Waals surface area contributed by atoms with Crippen molar-refractivity contribution in [1.29, 1.82) is 0 Å². The Kier molecular flexibility index (Phi) is 5.30. The molecule has 2 aromatic rings.